The van der Waals surface area contributed by atoms with E-state index in [1.54, 1.807) is 18.2 Å². The Morgan fingerprint density at radius 2 is 1.81 bits per heavy atom. The van der Waals surface area contributed by atoms with Crippen LogP contribution in [0.25, 0.3) is 6.08 Å². The molecule has 7 nitrogen and oxygen atoms in total. The third kappa shape index (κ3) is 3.50. The zero-order valence-corrected chi connectivity index (χ0v) is 14.5. The average molecular weight is 370 g/mol. The third-order valence-electron chi connectivity index (χ3n) is 3.91. The standard InChI is InChI=1S/C19H15FN2O5/c1-26-14-7-6-11(16(10-14)27-2)8-15-17(23)21-19(25)22(18(15)24)13-5-3-4-12(20)9-13/h3-10H,1-2H3,(H,21,23,25)/b15-8+. The summed E-state index contributed by atoms with van der Waals surface area (Å²) in [6.45, 7) is 0. The van der Waals surface area contributed by atoms with E-state index in [-0.39, 0.29) is 11.3 Å². The lowest BCUT2D eigenvalue weighted by Crippen LogP contribution is -2.54. The molecule has 138 valence electrons. The van der Waals surface area contributed by atoms with E-state index in [0.717, 1.165) is 6.07 Å². The van der Waals surface area contributed by atoms with Crippen LogP contribution >= 0.6 is 0 Å². The van der Waals surface area contributed by atoms with Gasteiger partial charge < -0.3 is 9.47 Å². The first-order chi connectivity index (χ1) is 12.9. The maximum absolute atomic E-state index is 13.5. The molecule has 1 saturated heterocycles. The third-order valence-corrected chi connectivity index (χ3v) is 3.91. The van der Waals surface area contributed by atoms with Gasteiger partial charge >= 0.3 is 6.03 Å². The molecule has 1 heterocycles. The van der Waals surface area contributed by atoms with E-state index in [1.807, 2.05) is 0 Å². The highest BCUT2D eigenvalue weighted by atomic mass is 19.1. The van der Waals surface area contributed by atoms with Crippen molar-refractivity contribution in [2.24, 2.45) is 0 Å². The average Bonchev–Trinajstić information content (AvgIpc) is 2.65. The molecule has 0 unspecified atom stereocenters. The predicted octanol–water partition coefficient (Wildman–Crippen LogP) is 2.51. The van der Waals surface area contributed by atoms with Crippen molar-refractivity contribution >= 4 is 29.6 Å². The SMILES string of the molecule is COc1ccc(/C=C2\C(=O)NC(=O)N(c3cccc(F)c3)C2=O)c(OC)c1. The molecule has 0 bridgehead atoms. The maximum Gasteiger partial charge on any atom is 0.335 e. The summed E-state index contributed by atoms with van der Waals surface area (Å²) in [6, 6.07) is 8.84. The number of methoxy groups -OCH3 is 2. The van der Waals surface area contributed by atoms with Crippen molar-refractivity contribution in [1.29, 1.82) is 0 Å². The minimum absolute atomic E-state index is 0.0117. The van der Waals surface area contributed by atoms with Gasteiger partial charge in [-0.1, -0.05) is 6.07 Å². The van der Waals surface area contributed by atoms with Crippen LogP contribution in [0.15, 0.2) is 48.0 Å². The highest BCUT2D eigenvalue weighted by molar-refractivity contribution is 6.39. The van der Waals surface area contributed by atoms with Crippen molar-refractivity contribution in [2.45, 2.75) is 0 Å². The molecule has 1 aliphatic rings. The number of hydrogen-bond acceptors (Lipinski definition) is 5. The van der Waals surface area contributed by atoms with Crippen LogP contribution in [-0.4, -0.2) is 32.1 Å². The van der Waals surface area contributed by atoms with Gasteiger partial charge in [-0.25, -0.2) is 14.1 Å². The summed E-state index contributed by atoms with van der Waals surface area (Å²) in [7, 11) is 2.93. The summed E-state index contributed by atoms with van der Waals surface area (Å²) in [5.41, 5.74) is 0.158. The number of barbiturate groups is 1. The van der Waals surface area contributed by atoms with Crippen LogP contribution < -0.4 is 19.7 Å². The molecule has 3 rings (SSSR count). The van der Waals surface area contributed by atoms with Gasteiger partial charge in [-0.15, -0.1) is 0 Å². The van der Waals surface area contributed by atoms with Crippen molar-refractivity contribution in [3.63, 3.8) is 0 Å². The molecule has 2 aromatic rings. The molecule has 1 aliphatic heterocycles. The Morgan fingerprint density at radius 1 is 1.04 bits per heavy atom. The van der Waals surface area contributed by atoms with Crippen molar-refractivity contribution in [1.82, 2.24) is 5.32 Å². The minimum Gasteiger partial charge on any atom is -0.497 e. The van der Waals surface area contributed by atoms with Crippen LogP contribution in [0.2, 0.25) is 0 Å². The molecular weight excluding hydrogens is 355 g/mol. The number of urea groups is 1. The van der Waals surface area contributed by atoms with Crippen molar-refractivity contribution < 1.29 is 28.2 Å². The summed E-state index contributed by atoms with van der Waals surface area (Å²) >= 11 is 0. The highest BCUT2D eigenvalue weighted by Crippen LogP contribution is 2.28. The fourth-order valence-corrected chi connectivity index (χ4v) is 2.60. The number of carbonyl (C=O) groups excluding carboxylic acids is 3. The van der Waals surface area contributed by atoms with Gasteiger partial charge in [-0.2, -0.15) is 0 Å². The Labute approximate surface area is 154 Å². The molecule has 1 fully saturated rings. The molecule has 8 heteroatoms. The van der Waals surface area contributed by atoms with Gasteiger partial charge in [0, 0.05) is 11.6 Å². The number of anilines is 1. The molecule has 0 atom stereocenters. The molecule has 0 aromatic heterocycles. The number of amides is 4. The second-order valence-electron chi connectivity index (χ2n) is 5.55. The molecule has 1 N–H and O–H groups in total. The number of ether oxygens (including phenoxy) is 2. The number of carbonyl (C=O) groups is 3. The van der Waals surface area contributed by atoms with Crippen LogP contribution in [-0.2, 0) is 9.59 Å². The lowest BCUT2D eigenvalue weighted by molar-refractivity contribution is -0.122. The fraction of sp³-hybridized carbons (Fsp3) is 0.105. The van der Waals surface area contributed by atoms with Gasteiger partial charge in [0.25, 0.3) is 11.8 Å². The summed E-state index contributed by atoms with van der Waals surface area (Å²) in [4.78, 5) is 37.8. The zero-order chi connectivity index (χ0) is 19.6. The van der Waals surface area contributed by atoms with Crippen LogP contribution in [0, 0.1) is 5.82 Å². The summed E-state index contributed by atoms with van der Waals surface area (Å²) < 4.78 is 23.8. The van der Waals surface area contributed by atoms with E-state index < -0.39 is 23.7 Å². The molecule has 0 spiro atoms. The van der Waals surface area contributed by atoms with Crippen LogP contribution in [0.3, 0.4) is 0 Å². The second-order valence-corrected chi connectivity index (χ2v) is 5.55. The topological polar surface area (TPSA) is 84.9 Å². The Kier molecular flexibility index (Phi) is 4.89. The normalized spacial score (nSPS) is 15.7. The number of nitrogens with one attached hydrogen (secondary N) is 1. The zero-order valence-electron chi connectivity index (χ0n) is 14.5. The molecule has 0 saturated carbocycles. The van der Waals surface area contributed by atoms with Gasteiger partial charge in [0.1, 0.15) is 22.9 Å². The Morgan fingerprint density at radius 3 is 2.48 bits per heavy atom. The number of imide groups is 2. The summed E-state index contributed by atoms with van der Waals surface area (Å²) in [6.07, 6.45) is 1.30. The smallest absolute Gasteiger partial charge is 0.335 e. The lowest BCUT2D eigenvalue weighted by Gasteiger charge is -2.26. The Hall–Kier alpha value is -3.68. The van der Waals surface area contributed by atoms with E-state index >= 15 is 0 Å². The van der Waals surface area contributed by atoms with Gasteiger partial charge in [-0.05, 0) is 36.4 Å². The van der Waals surface area contributed by atoms with Crippen LogP contribution in [0.1, 0.15) is 5.56 Å². The lowest BCUT2D eigenvalue weighted by atomic mass is 10.1. The van der Waals surface area contributed by atoms with E-state index in [9.17, 15) is 18.8 Å². The quantitative estimate of drug-likeness (QED) is 0.660. The second kappa shape index (κ2) is 7.28. The number of hydrogen-bond donors (Lipinski definition) is 1. The van der Waals surface area contributed by atoms with Gasteiger partial charge in [0.15, 0.2) is 0 Å². The van der Waals surface area contributed by atoms with Gasteiger partial charge in [-0.3, -0.25) is 14.9 Å². The Bertz CT molecular complexity index is 970. The largest absolute Gasteiger partial charge is 0.497 e. The van der Waals surface area contributed by atoms with Gasteiger partial charge in [0.2, 0.25) is 0 Å². The van der Waals surface area contributed by atoms with E-state index in [1.165, 1.54) is 38.5 Å². The number of rotatable bonds is 4. The molecule has 4 amide bonds. The molecule has 27 heavy (non-hydrogen) atoms. The summed E-state index contributed by atoms with van der Waals surface area (Å²) in [5, 5.41) is 2.08. The maximum atomic E-state index is 13.5. The van der Waals surface area contributed by atoms with Crippen molar-refractivity contribution in [2.75, 3.05) is 19.1 Å². The molecule has 0 aliphatic carbocycles. The Balaban J connectivity index is 2.04. The molecular formula is C19H15FN2O5. The number of benzene rings is 2. The number of nitrogens with zero attached hydrogens (tertiary/aromatic N) is 1. The monoisotopic (exact) mass is 370 g/mol. The van der Waals surface area contributed by atoms with Crippen LogP contribution in [0.5, 0.6) is 11.5 Å². The number of halogens is 1. The van der Waals surface area contributed by atoms with Crippen molar-refractivity contribution in [3.8, 4) is 11.5 Å². The fourth-order valence-electron chi connectivity index (χ4n) is 2.60. The van der Waals surface area contributed by atoms with E-state index in [4.69, 9.17) is 9.47 Å². The summed E-state index contributed by atoms with van der Waals surface area (Å²) in [5.74, 6) is -1.43. The molecule has 0 radical (unpaired) electrons. The minimum atomic E-state index is -0.950. The first kappa shape index (κ1) is 18.1. The highest BCUT2D eigenvalue weighted by Gasteiger charge is 2.37. The first-order valence-electron chi connectivity index (χ1n) is 7.83. The van der Waals surface area contributed by atoms with E-state index in [0.29, 0.717) is 22.0 Å². The van der Waals surface area contributed by atoms with Crippen molar-refractivity contribution in [3.05, 3.63) is 59.4 Å². The predicted molar refractivity (Wildman–Crippen MR) is 94.9 cm³/mol. The molecule has 2 aromatic carbocycles. The first-order valence-corrected chi connectivity index (χ1v) is 7.83. The van der Waals surface area contributed by atoms with Crippen LogP contribution in [0.4, 0.5) is 14.9 Å². The van der Waals surface area contributed by atoms with E-state index in [2.05, 4.69) is 5.32 Å². The van der Waals surface area contributed by atoms with Gasteiger partial charge in [0.05, 0.1) is 19.9 Å².